The van der Waals surface area contributed by atoms with Crippen LogP contribution in [0.4, 0.5) is 4.39 Å². The summed E-state index contributed by atoms with van der Waals surface area (Å²) in [6.45, 7) is 7.96. The maximum Gasteiger partial charge on any atom is 0.126 e. The van der Waals surface area contributed by atoms with Gasteiger partial charge in [0.2, 0.25) is 0 Å². The number of para-hydroxylation sites is 1. The Morgan fingerprint density at radius 2 is 1.92 bits per heavy atom. The van der Waals surface area contributed by atoms with E-state index in [0.29, 0.717) is 12.5 Å². The second-order valence-corrected chi connectivity index (χ2v) is 7.14. The first-order valence-electron chi connectivity index (χ1n) is 9.38. The molecule has 26 heavy (non-hydrogen) atoms. The summed E-state index contributed by atoms with van der Waals surface area (Å²) in [6, 6.07) is 14.2. The standard InChI is InChI=1S/C23H25FN2/c1-4-26-21-11-6-5-9-18(21)23-16(3)20(12-13-22(23)26)25-14-17-8-7-10-19(24)15(17)2/h5-13,16,20,25H,4,14H2,1-3H3. The van der Waals surface area contributed by atoms with Gasteiger partial charge in [-0.05, 0) is 48.7 Å². The number of rotatable bonds is 4. The summed E-state index contributed by atoms with van der Waals surface area (Å²) in [5.41, 5.74) is 5.79. The number of aromatic nitrogens is 1. The van der Waals surface area contributed by atoms with E-state index >= 15 is 0 Å². The number of nitrogens with zero attached hydrogens (tertiary/aromatic N) is 1. The van der Waals surface area contributed by atoms with Crippen molar-refractivity contribution in [1.82, 2.24) is 9.88 Å². The average Bonchev–Trinajstić information content (AvgIpc) is 2.98. The van der Waals surface area contributed by atoms with Crippen molar-refractivity contribution in [3.8, 4) is 0 Å². The van der Waals surface area contributed by atoms with Gasteiger partial charge >= 0.3 is 0 Å². The fourth-order valence-corrected chi connectivity index (χ4v) is 4.21. The molecule has 1 N–H and O–H groups in total. The first-order chi connectivity index (χ1) is 12.6. The molecule has 2 unspecified atom stereocenters. The molecule has 0 fully saturated rings. The molecule has 1 heterocycles. The van der Waals surface area contributed by atoms with E-state index in [4.69, 9.17) is 0 Å². The lowest BCUT2D eigenvalue weighted by Crippen LogP contribution is -2.33. The fraction of sp³-hybridized carbons (Fsp3) is 0.304. The third-order valence-electron chi connectivity index (χ3n) is 5.73. The highest BCUT2D eigenvalue weighted by molar-refractivity contribution is 5.89. The van der Waals surface area contributed by atoms with E-state index in [1.807, 2.05) is 13.0 Å². The number of hydrogen-bond acceptors (Lipinski definition) is 1. The van der Waals surface area contributed by atoms with Gasteiger partial charge in [-0.3, -0.25) is 0 Å². The van der Waals surface area contributed by atoms with Crippen LogP contribution in [0, 0.1) is 12.7 Å². The molecule has 1 aliphatic rings. The Labute approximate surface area is 154 Å². The molecule has 4 rings (SSSR count). The Kier molecular flexibility index (Phi) is 4.41. The smallest absolute Gasteiger partial charge is 0.126 e. The molecule has 2 aromatic carbocycles. The summed E-state index contributed by atoms with van der Waals surface area (Å²) < 4.78 is 16.2. The fourth-order valence-electron chi connectivity index (χ4n) is 4.21. The van der Waals surface area contributed by atoms with Gasteiger partial charge in [0, 0.05) is 41.6 Å². The van der Waals surface area contributed by atoms with Crippen LogP contribution in [-0.4, -0.2) is 10.6 Å². The van der Waals surface area contributed by atoms with Gasteiger partial charge in [0.15, 0.2) is 0 Å². The van der Waals surface area contributed by atoms with Crippen molar-refractivity contribution in [2.75, 3.05) is 0 Å². The molecular formula is C23H25FN2. The summed E-state index contributed by atoms with van der Waals surface area (Å²) in [5.74, 6) is 0.228. The van der Waals surface area contributed by atoms with E-state index in [0.717, 1.165) is 17.7 Å². The predicted molar refractivity (Wildman–Crippen MR) is 107 cm³/mol. The summed E-state index contributed by atoms with van der Waals surface area (Å²) in [4.78, 5) is 0. The molecule has 0 saturated heterocycles. The van der Waals surface area contributed by atoms with E-state index in [-0.39, 0.29) is 11.9 Å². The maximum absolute atomic E-state index is 13.8. The normalized spacial score (nSPS) is 19.1. The van der Waals surface area contributed by atoms with Crippen molar-refractivity contribution < 1.29 is 4.39 Å². The van der Waals surface area contributed by atoms with E-state index in [2.05, 4.69) is 60.1 Å². The van der Waals surface area contributed by atoms with Gasteiger partial charge in [-0.25, -0.2) is 4.39 Å². The zero-order valence-corrected chi connectivity index (χ0v) is 15.6. The Hall–Kier alpha value is -2.39. The van der Waals surface area contributed by atoms with Crippen LogP contribution in [-0.2, 0) is 13.1 Å². The van der Waals surface area contributed by atoms with Crippen molar-refractivity contribution in [3.05, 3.63) is 76.7 Å². The lowest BCUT2D eigenvalue weighted by molar-refractivity contribution is 0.514. The average molecular weight is 348 g/mol. The van der Waals surface area contributed by atoms with Crippen molar-refractivity contribution in [1.29, 1.82) is 0 Å². The molecule has 1 aliphatic carbocycles. The molecule has 2 atom stereocenters. The Morgan fingerprint density at radius 1 is 1.12 bits per heavy atom. The lowest BCUT2D eigenvalue weighted by Gasteiger charge is -2.27. The summed E-state index contributed by atoms with van der Waals surface area (Å²) >= 11 is 0. The van der Waals surface area contributed by atoms with Gasteiger partial charge in [0.25, 0.3) is 0 Å². The van der Waals surface area contributed by atoms with E-state index in [1.165, 1.54) is 28.2 Å². The summed E-state index contributed by atoms with van der Waals surface area (Å²) in [7, 11) is 0. The molecule has 0 saturated carbocycles. The Morgan fingerprint density at radius 3 is 2.73 bits per heavy atom. The zero-order valence-electron chi connectivity index (χ0n) is 15.6. The monoisotopic (exact) mass is 348 g/mol. The summed E-state index contributed by atoms with van der Waals surface area (Å²) in [6.07, 6.45) is 4.50. The van der Waals surface area contributed by atoms with Gasteiger partial charge in [-0.2, -0.15) is 0 Å². The first kappa shape index (κ1) is 17.0. The molecule has 2 nitrogen and oxygen atoms in total. The van der Waals surface area contributed by atoms with Crippen LogP contribution in [0.1, 0.15) is 42.1 Å². The molecule has 0 radical (unpaired) electrons. The van der Waals surface area contributed by atoms with Crippen molar-refractivity contribution in [2.45, 2.75) is 45.8 Å². The molecule has 3 aromatic rings. The van der Waals surface area contributed by atoms with Gasteiger partial charge in [0.05, 0.1) is 0 Å². The van der Waals surface area contributed by atoms with Crippen LogP contribution in [0.5, 0.6) is 0 Å². The quantitative estimate of drug-likeness (QED) is 0.668. The second kappa shape index (κ2) is 6.73. The Balaban J connectivity index is 1.64. The first-order valence-corrected chi connectivity index (χ1v) is 9.38. The van der Waals surface area contributed by atoms with Gasteiger partial charge in [-0.1, -0.05) is 43.3 Å². The number of halogens is 1. The maximum atomic E-state index is 13.8. The van der Waals surface area contributed by atoms with Crippen molar-refractivity contribution >= 4 is 17.0 Å². The lowest BCUT2D eigenvalue weighted by atomic mass is 9.86. The number of fused-ring (bicyclic) bond motifs is 3. The highest BCUT2D eigenvalue weighted by Gasteiger charge is 2.27. The SMILES string of the molecule is CCn1c2c(c3ccccc31)C(C)C(NCc1cccc(F)c1C)C=C2. The van der Waals surface area contributed by atoms with E-state index < -0.39 is 0 Å². The Bertz CT molecular complexity index is 983. The van der Waals surface area contributed by atoms with Gasteiger partial charge in [0.1, 0.15) is 5.82 Å². The van der Waals surface area contributed by atoms with Gasteiger partial charge in [-0.15, -0.1) is 0 Å². The molecule has 0 spiro atoms. The molecule has 134 valence electrons. The topological polar surface area (TPSA) is 17.0 Å². The summed E-state index contributed by atoms with van der Waals surface area (Å²) in [5, 5.41) is 4.97. The number of nitrogens with one attached hydrogen (secondary N) is 1. The minimum absolute atomic E-state index is 0.134. The van der Waals surface area contributed by atoms with E-state index in [1.54, 1.807) is 6.07 Å². The van der Waals surface area contributed by atoms with Crippen LogP contribution < -0.4 is 5.32 Å². The largest absolute Gasteiger partial charge is 0.341 e. The number of hydrogen-bond donors (Lipinski definition) is 1. The minimum Gasteiger partial charge on any atom is -0.341 e. The van der Waals surface area contributed by atoms with Crippen LogP contribution in [0.3, 0.4) is 0 Å². The number of benzene rings is 2. The highest BCUT2D eigenvalue weighted by atomic mass is 19.1. The van der Waals surface area contributed by atoms with E-state index in [9.17, 15) is 4.39 Å². The molecule has 1 aromatic heterocycles. The van der Waals surface area contributed by atoms with Crippen molar-refractivity contribution in [3.63, 3.8) is 0 Å². The van der Waals surface area contributed by atoms with Crippen LogP contribution in [0.25, 0.3) is 17.0 Å². The number of aryl methyl sites for hydroxylation is 1. The third kappa shape index (κ3) is 2.67. The molecule has 0 aliphatic heterocycles. The second-order valence-electron chi connectivity index (χ2n) is 7.14. The van der Waals surface area contributed by atoms with Crippen molar-refractivity contribution in [2.24, 2.45) is 0 Å². The molecule has 0 bridgehead atoms. The van der Waals surface area contributed by atoms with Crippen LogP contribution in [0.2, 0.25) is 0 Å². The van der Waals surface area contributed by atoms with Gasteiger partial charge < -0.3 is 9.88 Å². The highest BCUT2D eigenvalue weighted by Crippen LogP contribution is 2.38. The minimum atomic E-state index is -0.134. The predicted octanol–water partition coefficient (Wildman–Crippen LogP) is 5.40. The third-order valence-corrected chi connectivity index (χ3v) is 5.73. The molecular weight excluding hydrogens is 323 g/mol. The molecule has 0 amide bonds. The zero-order chi connectivity index (χ0) is 18.3. The van der Waals surface area contributed by atoms with Crippen LogP contribution >= 0.6 is 0 Å². The van der Waals surface area contributed by atoms with Crippen LogP contribution in [0.15, 0.2) is 48.5 Å². The molecule has 3 heteroatoms.